The average molecular weight is 471 g/mol. The normalized spacial score (nSPS) is 19.2. The third-order valence-corrected chi connectivity index (χ3v) is 6.92. The number of ether oxygens (including phenoxy) is 1. The second-order valence-corrected chi connectivity index (χ2v) is 9.73. The van der Waals surface area contributed by atoms with Crippen LogP contribution < -0.4 is 10.1 Å². The maximum Gasteiger partial charge on any atom is 0.229 e. The molecule has 7 nitrogen and oxygen atoms in total. The predicted octanol–water partition coefficient (Wildman–Crippen LogP) is 4.56. The van der Waals surface area contributed by atoms with E-state index in [1.807, 2.05) is 23.0 Å². The van der Waals surface area contributed by atoms with Crippen molar-refractivity contribution in [2.45, 2.75) is 83.6 Å². The van der Waals surface area contributed by atoms with Crippen LogP contribution in [0.15, 0.2) is 24.4 Å². The predicted molar refractivity (Wildman–Crippen MR) is 126 cm³/mol. The molecule has 0 radical (unpaired) electrons. The van der Waals surface area contributed by atoms with Crippen molar-refractivity contribution in [3.63, 3.8) is 0 Å². The quantitative estimate of drug-likeness (QED) is 0.343. The fourth-order valence-electron chi connectivity index (χ4n) is 4.63. The Labute approximate surface area is 200 Å². The Morgan fingerprint density at radius 3 is 2.85 bits per heavy atom. The number of rotatable bonds is 13. The summed E-state index contributed by atoms with van der Waals surface area (Å²) in [6.07, 6.45) is 10.7. The number of unbranched alkanes of at least 4 members (excludes halogenated alkanes) is 1. The van der Waals surface area contributed by atoms with Crippen LogP contribution in [-0.4, -0.2) is 33.4 Å². The van der Waals surface area contributed by atoms with E-state index >= 15 is 0 Å². The summed E-state index contributed by atoms with van der Waals surface area (Å²) in [5.74, 6) is 0.435. The lowest BCUT2D eigenvalue weighted by molar-refractivity contribution is -0.136. The molecule has 34 heavy (non-hydrogen) atoms. The third kappa shape index (κ3) is 6.64. The van der Waals surface area contributed by atoms with E-state index in [4.69, 9.17) is 4.74 Å². The standard InChI is InChI=1S/C26H35FN4O3/c1-2-5-21(20-10-12-23(27)24(14-20)34-17-18-8-9-18)16-31-22(15-28-30-31)7-4-3-6-19-11-13-25(32)29-26(19)33/h10,12,14-15,18-19,21H,2-9,11,13,16-17H2,1H3,(H,29,32,33)/t19?,21-/m0/s1. The van der Waals surface area contributed by atoms with Gasteiger partial charge >= 0.3 is 0 Å². The van der Waals surface area contributed by atoms with Crippen molar-refractivity contribution in [3.8, 4) is 5.75 Å². The molecule has 1 aliphatic carbocycles. The summed E-state index contributed by atoms with van der Waals surface area (Å²) in [4.78, 5) is 23.2. The van der Waals surface area contributed by atoms with Crippen LogP contribution in [0.4, 0.5) is 4.39 Å². The fraction of sp³-hybridized carbons (Fsp3) is 0.615. The second kappa shape index (κ2) is 11.6. The zero-order valence-electron chi connectivity index (χ0n) is 20.0. The number of benzene rings is 1. The van der Waals surface area contributed by atoms with E-state index in [1.165, 1.54) is 18.9 Å². The lowest BCUT2D eigenvalue weighted by Crippen LogP contribution is -2.40. The highest BCUT2D eigenvalue weighted by Gasteiger charge is 2.26. The lowest BCUT2D eigenvalue weighted by Gasteiger charge is -2.20. The molecule has 8 heteroatoms. The summed E-state index contributed by atoms with van der Waals surface area (Å²) >= 11 is 0. The number of nitrogens with zero attached hydrogens (tertiary/aromatic N) is 3. The summed E-state index contributed by atoms with van der Waals surface area (Å²) in [5.41, 5.74) is 2.13. The molecule has 184 valence electrons. The first-order chi connectivity index (χ1) is 16.5. The van der Waals surface area contributed by atoms with Gasteiger partial charge < -0.3 is 4.74 Å². The van der Waals surface area contributed by atoms with Gasteiger partial charge in [0.1, 0.15) is 0 Å². The van der Waals surface area contributed by atoms with Crippen molar-refractivity contribution < 1.29 is 18.7 Å². The first kappa shape index (κ1) is 24.4. The van der Waals surface area contributed by atoms with Gasteiger partial charge in [0.05, 0.1) is 18.5 Å². The van der Waals surface area contributed by atoms with E-state index in [2.05, 4.69) is 22.6 Å². The molecule has 1 aromatic heterocycles. The van der Waals surface area contributed by atoms with Crippen LogP contribution >= 0.6 is 0 Å². The van der Waals surface area contributed by atoms with Gasteiger partial charge in [-0.05, 0) is 68.6 Å². The molecule has 2 atom stereocenters. The van der Waals surface area contributed by atoms with Gasteiger partial charge in [-0.2, -0.15) is 0 Å². The summed E-state index contributed by atoms with van der Waals surface area (Å²) in [6, 6.07) is 5.22. The Bertz CT molecular complexity index is 988. The van der Waals surface area contributed by atoms with E-state index in [1.54, 1.807) is 0 Å². The Morgan fingerprint density at radius 2 is 2.09 bits per heavy atom. The van der Waals surface area contributed by atoms with Gasteiger partial charge in [-0.3, -0.25) is 14.9 Å². The highest BCUT2D eigenvalue weighted by molar-refractivity contribution is 5.98. The molecule has 1 aromatic carbocycles. The summed E-state index contributed by atoms with van der Waals surface area (Å²) in [6.45, 7) is 3.42. The molecule has 4 rings (SSSR count). The maximum absolute atomic E-state index is 14.3. The highest BCUT2D eigenvalue weighted by Crippen LogP contribution is 2.32. The number of aryl methyl sites for hydroxylation is 1. The maximum atomic E-state index is 14.3. The van der Waals surface area contributed by atoms with E-state index in [0.717, 1.165) is 49.8 Å². The Kier molecular flexibility index (Phi) is 8.29. The number of amides is 2. The number of halogens is 1. The molecule has 0 bridgehead atoms. The largest absolute Gasteiger partial charge is 0.490 e. The number of hydrogen-bond donors (Lipinski definition) is 1. The van der Waals surface area contributed by atoms with Crippen LogP contribution in [0, 0.1) is 17.7 Å². The van der Waals surface area contributed by atoms with Gasteiger partial charge in [-0.1, -0.05) is 31.0 Å². The first-order valence-electron chi connectivity index (χ1n) is 12.7. The Hall–Kier alpha value is -2.77. The van der Waals surface area contributed by atoms with Gasteiger partial charge in [-0.15, -0.1) is 5.10 Å². The highest BCUT2D eigenvalue weighted by atomic mass is 19.1. The molecule has 2 aromatic rings. The van der Waals surface area contributed by atoms with Gasteiger partial charge in [-0.25, -0.2) is 9.07 Å². The smallest absolute Gasteiger partial charge is 0.229 e. The van der Waals surface area contributed by atoms with E-state index in [-0.39, 0.29) is 29.5 Å². The molecule has 2 amide bonds. The van der Waals surface area contributed by atoms with Crippen molar-refractivity contribution >= 4 is 11.8 Å². The molecule has 1 N–H and O–H groups in total. The third-order valence-electron chi connectivity index (χ3n) is 6.92. The van der Waals surface area contributed by atoms with Crippen LogP contribution in [0.1, 0.15) is 81.9 Å². The molecule has 1 saturated heterocycles. The lowest BCUT2D eigenvalue weighted by atomic mass is 9.92. The molecule has 1 unspecified atom stereocenters. The minimum absolute atomic E-state index is 0.0653. The monoisotopic (exact) mass is 470 g/mol. The summed E-state index contributed by atoms with van der Waals surface area (Å²) in [7, 11) is 0. The molecule has 2 aliphatic rings. The van der Waals surface area contributed by atoms with Crippen molar-refractivity contribution in [3.05, 3.63) is 41.5 Å². The van der Waals surface area contributed by atoms with Crippen molar-refractivity contribution in [2.24, 2.45) is 11.8 Å². The van der Waals surface area contributed by atoms with E-state index in [9.17, 15) is 14.0 Å². The molecular formula is C26H35FN4O3. The molecule has 1 saturated carbocycles. The molecule has 2 fully saturated rings. The van der Waals surface area contributed by atoms with Gasteiger partial charge in [0.15, 0.2) is 11.6 Å². The van der Waals surface area contributed by atoms with Crippen LogP contribution in [-0.2, 0) is 22.6 Å². The van der Waals surface area contributed by atoms with Gasteiger partial charge in [0.2, 0.25) is 11.8 Å². The number of hydrogen-bond acceptors (Lipinski definition) is 5. The molecule has 2 heterocycles. The fourth-order valence-corrected chi connectivity index (χ4v) is 4.63. The Balaban J connectivity index is 1.33. The number of piperidine rings is 1. The van der Waals surface area contributed by atoms with E-state index < -0.39 is 0 Å². The second-order valence-electron chi connectivity index (χ2n) is 9.73. The first-order valence-corrected chi connectivity index (χ1v) is 12.7. The minimum Gasteiger partial charge on any atom is -0.490 e. The zero-order chi connectivity index (χ0) is 23.9. The molecule has 1 aliphatic heterocycles. The SMILES string of the molecule is CCC[C@@H](Cn1nncc1CCCCC1CCC(=O)NC1=O)c1ccc(F)c(OCC2CC2)c1. The number of imide groups is 1. The number of carbonyl (C=O) groups excluding carboxylic acids is 2. The number of nitrogens with one attached hydrogen (secondary N) is 1. The van der Waals surface area contributed by atoms with Crippen LogP contribution in [0.2, 0.25) is 0 Å². The Morgan fingerprint density at radius 1 is 1.24 bits per heavy atom. The summed E-state index contributed by atoms with van der Waals surface area (Å²) < 4.78 is 22.0. The zero-order valence-corrected chi connectivity index (χ0v) is 20.0. The number of aromatic nitrogens is 3. The summed E-state index contributed by atoms with van der Waals surface area (Å²) in [5, 5.41) is 10.9. The molecular weight excluding hydrogens is 435 g/mol. The van der Waals surface area contributed by atoms with Crippen LogP contribution in [0.25, 0.3) is 0 Å². The van der Waals surface area contributed by atoms with E-state index in [0.29, 0.717) is 37.7 Å². The van der Waals surface area contributed by atoms with Crippen molar-refractivity contribution in [1.82, 2.24) is 20.3 Å². The molecule has 0 spiro atoms. The van der Waals surface area contributed by atoms with Crippen LogP contribution in [0.5, 0.6) is 5.75 Å². The van der Waals surface area contributed by atoms with Crippen molar-refractivity contribution in [2.75, 3.05) is 6.61 Å². The topological polar surface area (TPSA) is 86.1 Å². The number of carbonyl (C=O) groups is 2. The van der Waals surface area contributed by atoms with Crippen LogP contribution in [0.3, 0.4) is 0 Å². The van der Waals surface area contributed by atoms with Gasteiger partial charge in [0.25, 0.3) is 0 Å². The average Bonchev–Trinajstić information content (AvgIpc) is 3.55. The van der Waals surface area contributed by atoms with Gasteiger partial charge in [0, 0.05) is 24.8 Å². The van der Waals surface area contributed by atoms with Crippen molar-refractivity contribution in [1.29, 1.82) is 0 Å². The minimum atomic E-state index is -0.308.